The van der Waals surface area contributed by atoms with E-state index in [1.165, 1.54) is 48.5 Å². The Hall–Kier alpha value is -4.78. The van der Waals surface area contributed by atoms with Crippen molar-refractivity contribution < 1.29 is 55.4 Å². The first-order valence-electron chi connectivity index (χ1n) is 14.2. The zero-order valence-electron chi connectivity index (χ0n) is 23.7. The van der Waals surface area contributed by atoms with Gasteiger partial charge in [-0.15, -0.1) is 0 Å². The number of aliphatic hydroxyl groups is 4. The lowest BCUT2D eigenvalue weighted by molar-refractivity contribution is -0.232. The van der Waals surface area contributed by atoms with Gasteiger partial charge in [0.25, 0.3) is 0 Å². The molecule has 4 aromatic carbocycles. The molecule has 0 aliphatic carbocycles. The number of benzene rings is 4. The largest absolute Gasteiger partial charge is 0.508 e. The molecule has 2 aliphatic rings. The highest BCUT2D eigenvalue weighted by atomic mass is 16.5. The molecule has 0 unspecified atom stereocenters. The van der Waals surface area contributed by atoms with Crippen molar-refractivity contribution in [3.05, 3.63) is 106 Å². The summed E-state index contributed by atoms with van der Waals surface area (Å²) in [5.41, 5.74) is 2.63. The SMILES string of the molecule is OC[C@@H]1O[C@H](c2c(O)cc(C=Cc3ccc(O)cc3)c3c2O[C@@H](c2ccc(O)cc2)[C@@H]3c2cc(O)cc(O)c2)[C@@H](O)[C@H](O)[C@H]1O. The summed E-state index contributed by atoms with van der Waals surface area (Å²) >= 11 is 0. The maximum Gasteiger partial charge on any atom is 0.135 e. The van der Waals surface area contributed by atoms with Gasteiger partial charge in [-0.3, -0.25) is 0 Å². The van der Waals surface area contributed by atoms with Crippen LogP contribution in [0.4, 0.5) is 0 Å². The van der Waals surface area contributed by atoms with Crippen molar-refractivity contribution in [2.24, 2.45) is 0 Å². The first-order chi connectivity index (χ1) is 21.5. The van der Waals surface area contributed by atoms with Gasteiger partial charge in [-0.1, -0.05) is 36.4 Å². The van der Waals surface area contributed by atoms with Crippen LogP contribution >= 0.6 is 0 Å². The standard InChI is InChI=1S/C34H32O11/c35-15-25-29(41)30(42)31(43)34(44-25)28-24(40)13-18(4-1-16-2-7-20(36)8-3-16)26-27(19-11-22(38)14-23(39)12-19)32(45-33(26)28)17-5-9-21(37)10-6-17/h1-14,25,27,29-32,34-43H,15H2/t25-,27+,29-,30+,31-,32-,34+/m0/s1. The molecule has 7 atom stereocenters. The number of phenols is 5. The van der Waals surface area contributed by atoms with Crippen molar-refractivity contribution in [3.8, 4) is 34.5 Å². The lowest BCUT2D eigenvalue weighted by Crippen LogP contribution is -2.55. The highest BCUT2D eigenvalue weighted by Crippen LogP contribution is 2.57. The maximum atomic E-state index is 11.5. The summed E-state index contributed by atoms with van der Waals surface area (Å²) in [6.45, 7) is -0.681. The van der Waals surface area contributed by atoms with Crippen molar-refractivity contribution in [1.29, 1.82) is 0 Å². The molecule has 0 radical (unpaired) electrons. The molecule has 0 amide bonds. The fourth-order valence-corrected chi connectivity index (χ4v) is 6.08. The van der Waals surface area contributed by atoms with Crippen LogP contribution in [0, 0.1) is 0 Å². The summed E-state index contributed by atoms with van der Waals surface area (Å²) in [5.74, 6) is -1.36. The van der Waals surface area contributed by atoms with Crippen LogP contribution in [0.1, 0.15) is 51.5 Å². The molecule has 0 bridgehead atoms. The van der Waals surface area contributed by atoms with Crippen LogP contribution in [0.15, 0.2) is 72.8 Å². The smallest absolute Gasteiger partial charge is 0.135 e. The zero-order valence-corrected chi connectivity index (χ0v) is 23.7. The lowest BCUT2D eigenvalue weighted by Gasteiger charge is -2.40. The Kier molecular flexibility index (Phi) is 8.04. The van der Waals surface area contributed by atoms with E-state index in [0.717, 1.165) is 5.56 Å². The first-order valence-corrected chi connectivity index (χ1v) is 14.2. The summed E-state index contributed by atoms with van der Waals surface area (Å²) in [7, 11) is 0. The maximum absolute atomic E-state index is 11.5. The molecule has 234 valence electrons. The molecule has 2 aliphatic heterocycles. The van der Waals surface area contributed by atoms with Gasteiger partial charge < -0.3 is 55.4 Å². The van der Waals surface area contributed by atoms with E-state index in [-0.39, 0.29) is 40.1 Å². The van der Waals surface area contributed by atoms with E-state index < -0.39 is 49.1 Å². The van der Waals surface area contributed by atoms with E-state index in [0.29, 0.717) is 22.3 Å². The van der Waals surface area contributed by atoms with Crippen LogP contribution in [-0.4, -0.2) is 77.0 Å². The predicted octanol–water partition coefficient (Wildman–Crippen LogP) is 3.17. The van der Waals surface area contributed by atoms with E-state index in [1.54, 1.807) is 36.4 Å². The van der Waals surface area contributed by atoms with Gasteiger partial charge in [-0.2, -0.15) is 0 Å². The monoisotopic (exact) mass is 616 g/mol. The first kappa shape index (κ1) is 30.3. The molecule has 0 saturated carbocycles. The summed E-state index contributed by atoms with van der Waals surface area (Å²) < 4.78 is 12.4. The molecule has 0 spiro atoms. The summed E-state index contributed by atoms with van der Waals surface area (Å²) in [6, 6.07) is 18.2. The van der Waals surface area contributed by atoms with Gasteiger partial charge >= 0.3 is 0 Å². The van der Waals surface area contributed by atoms with Gasteiger partial charge in [-0.05, 0) is 64.7 Å². The lowest BCUT2D eigenvalue weighted by atomic mass is 9.80. The Morgan fingerprint density at radius 2 is 1.22 bits per heavy atom. The Balaban J connectivity index is 1.60. The second-order valence-electron chi connectivity index (χ2n) is 11.2. The van der Waals surface area contributed by atoms with Gasteiger partial charge in [0, 0.05) is 11.6 Å². The van der Waals surface area contributed by atoms with Crippen molar-refractivity contribution in [2.45, 2.75) is 42.5 Å². The minimum absolute atomic E-state index is 0.0120. The Morgan fingerprint density at radius 1 is 0.600 bits per heavy atom. The van der Waals surface area contributed by atoms with E-state index in [1.807, 2.05) is 0 Å². The molecular formula is C34H32O11. The molecule has 1 fully saturated rings. The third-order valence-electron chi connectivity index (χ3n) is 8.26. The van der Waals surface area contributed by atoms with Crippen molar-refractivity contribution in [2.75, 3.05) is 6.61 Å². The van der Waals surface area contributed by atoms with Crippen LogP contribution in [0.5, 0.6) is 34.5 Å². The Morgan fingerprint density at radius 3 is 1.84 bits per heavy atom. The number of aromatic hydroxyl groups is 5. The fraction of sp³-hybridized carbons (Fsp3) is 0.235. The summed E-state index contributed by atoms with van der Waals surface area (Å²) in [6.07, 6.45) is -5.18. The number of fused-ring (bicyclic) bond motifs is 1. The fourth-order valence-electron chi connectivity index (χ4n) is 6.08. The van der Waals surface area contributed by atoms with Crippen molar-refractivity contribution >= 4 is 12.2 Å². The molecule has 0 aromatic heterocycles. The third-order valence-corrected chi connectivity index (χ3v) is 8.26. The molecule has 4 aromatic rings. The third kappa shape index (κ3) is 5.63. The van der Waals surface area contributed by atoms with Crippen LogP contribution < -0.4 is 4.74 Å². The Labute approximate surface area is 257 Å². The second kappa shape index (κ2) is 12.0. The highest BCUT2D eigenvalue weighted by Gasteiger charge is 2.49. The summed E-state index contributed by atoms with van der Waals surface area (Å²) in [5, 5.41) is 93.9. The van der Waals surface area contributed by atoms with Crippen LogP contribution in [0.3, 0.4) is 0 Å². The van der Waals surface area contributed by atoms with Crippen LogP contribution in [-0.2, 0) is 4.74 Å². The van der Waals surface area contributed by atoms with Crippen LogP contribution in [0.25, 0.3) is 12.2 Å². The van der Waals surface area contributed by atoms with Crippen molar-refractivity contribution in [3.63, 3.8) is 0 Å². The van der Waals surface area contributed by atoms with Gasteiger partial charge in [0.2, 0.25) is 0 Å². The minimum atomic E-state index is -1.73. The molecule has 2 heterocycles. The number of aliphatic hydroxyl groups excluding tert-OH is 4. The quantitative estimate of drug-likeness (QED) is 0.144. The van der Waals surface area contributed by atoms with Gasteiger partial charge in [-0.25, -0.2) is 0 Å². The van der Waals surface area contributed by atoms with Gasteiger partial charge in [0.1, 0.15) is 71.1 Å². The average Bonchev–Trinajstić information content (AvgIpc) is 3.41. The molecule has 6 rings (SSSR count). The average molecular weight is 617 g/mol. The molecule has 1 saturated heterocycles. The summed E-state index contributed by atoms with van der Waals surface area (Å²) in [4.78, 5) is 0. The van der Waals surface area contributed by atoms with Gasteiger partial charge in [0.15, 0.2) is 0 Å². The van der Waals surface area contributed by atoms with Crippen LogP contribution in [0.2, 0.25) is 0 Å². The predicted molar refractivity (Wildman–Crippen MR) is 161 cm³/mol. The molecular weight excluding hydrogens is 584 g/mol. The van der Waals surface area contributed by atoms with E-state index >= 15 is 0 Å². The minimum Gasteiger partial charge on any atom is -0.508 e. The van der Waals surface area contributed by atoms with E-state index in [2.05, 4.69) is 0 Å². The van der Waals surface area contributed by atoms with E-state index in [9.17, 15) is 46.0 Å². The second-order valence-corrected chi connectivity index (χ2v) is 11.2. The van der Waals surface area contributed by atoms with Gasteiger partial charge in [0.05, 0.1) is 18.1 Å². The topological polar surface area (TPSA) is 201 Å². The Bertz CT molecular complexity index is 1700. The number of ether oxygens (including phenoxy) is 2. The highest BCUT2D eigenvalue weighted by molar-refractivity contribution is 5.77. The number of hydrogen-bond acceptors (Lipinski definition) is 11. The molecule has 11 nitrogen and oxygen atoms in total. The molecule has 11 heteroatoms. The molecule has 9 N–H and O–H groups in total. The number of phenolic OH excluding ortho intramolecular Hbond substituents is 5. The zero-order chi connectivity index (χ0) is 32.0. The molecule has 45 heavy (non-hydrogen) atoms. The number of rotatable bonds is 6. The normalized spacial score (nSPS) is 26.1. The number of hydrogen-bond donors (Lipinski definition) is 9. The van der Waals surface area contributed by atoms with E-state index in [4.69, 9.17) is 9.47 Å². The van der Waals surface area contributed by atoms with Crippen molar-refractivity contribution in [1.82, 2.24) is 0 Å².